The summed E-state index contributed by atoms with van der Waals surface area (Å²) < 4.78 is 1.22. The number of nitrogens with zero attached hydrogens (tertiary/aromatic N) is 2. The molecule has 0 aliphatic heterocycles. The van der Waals surface area contributed by atoms with Crippen LogP contribution in [0.5, 0.6) is 0 Å². The Morgan fingerprint density at radius 1 is 1.57 bits per heavy atom. The summed E-state index contributed by atoms with van der Waals surface area (Å²) in [7, 11) is 0. The van der Waals surface area contributed by atoms with Crippen LogP contribution in [0.15, 0.2) is 15.8 Å². The van der Waals surface area contributed by atoms with E-state index in [2.05, 4.69) is 10.1 Å². The van der Waals surface area contributed by atoms with Crippen LogP contribution >= 0.6 is 0 Å². The summed E-state index contributed by atoms with van der Waals surface area (Å²) in [6, 6.07) is 0. The van der Waals surface area contributed by atoms with Gasteiger partial charge in [0.15, 0.2) is 0 Å². The van der Waals surface area contributed by atoms with Crippen LogP contribution in [0.25, 0.3) is 0 Å². The van der Waals surface area contributed by atoms with Crippen molar-refractivity contribution >= 4 is 0 Å². The molecule has 1 aliphatic carbocycles. The van der Waals surface area contributed by atoms with E-state index in [0.29, 0.717) is 12.5 Å². The highest BCUT2D eigenvalue weighted by molar-refractivity contribution is 4.85. The minimum atomic E-state index is -0.485. The molecule has 76 valence electrons. The van der Waals surface area contributed by atoms with Crippen LogP contribution in [0, 0.1) is 11.8 Å². The molecule has 6 heteroatoms. The van der Waals surface area contributed by atoms with E-state index in [1.165, 1.54) is 4.68 Å². The van der Waals surface area contributed by atoms with Gasteiger partial charge >= 0.3 is 5.69 Å². The summed E-state index contributed by atoms with van der Waals surface area (Å²) in [6.07, 6.45) is 2.00. The molecular formula is C8H11N3O3. The first-order valence-electron chi connectivity index (χ1n) is 4.48. The number of aromatic amines is 1. The van der Waals surface area contributed by atoms with Crippen molar-refractivity contribution in [3.8, 4) is 0 Å². The van der Waals surface area contributed by atoms with E-state index in [9.17, 15) is 9.59 Å². The molecule has 1 fully saturated rings. The summed E-state index contributed by atoms with van der Waals surface area (Å²) in [6.45, 7) is 0.629. The van der Waals surface area contributed by atoms with Gasteiger partial charge in [0.1, 0.15) is 6.20 Å². The fourth-order valence-electron chi connectivity index (χ4n) is 1.49. The van der Waals surface area contributed by atoms with Crippen molar-refractivity contribution in [3.05, 3.63) is 27.0 Å². The number of aliphatic hydroxyl groups excluding tert-OH is 1. The molecule has 0 aromatic carbocycles. The molecule has 1 heterocycles. The van der Waals surface area contributed by atoms with Crippen LogP contribution in [0.3, 0.4) is 0 Å². The summed E-state index contributed by atoms with van der Waals surface area (Å²) in [4.78, 5) is 24.0. The van der Waals surface area contributed by atoms with E-state index in [1.807, 2.05) is 0 Å². The largest absolute Gasteiger partial charge is 0.396 e. The van der Waals surface area contributed by atoms with Crippen molar-refractivity contribution in [2.75, 3.05) is 6.61 Å². The first-order valence-corrected chi connectivity index (χ1v) is 4.48. The molecule has 1 aliphatic rings. The van der Waals surface area contributed by atoms with Gasteiger partial charge in [0.05, 0.1) is 0 Å². The van der Waals surface area contributed by atoms with Gasteiger partial charge in [-0.15, -0.1) is 0 Å². The number of H-pyrrole nitrogens is 1. The molecule has 1 aromatic heterocycles. The summed E-state index contributed by atoms with van der Waals surface area (Å²) in [5.74, 6) is 0.603. The second-order valence-corrected chi connectivity index (χ2v) is 3.56. The zero-order chi connectivity index (χ0) is 10.1. The molecule has 1 saturated carbocycles. The number of rotatable bonds is 3. The van der Waals surface area contributed by atoms with Crippen molar-refractivity contribution in [1.29, 1.82) is 0 Å². The Hall–Kier alpha value is -1.43. The molecule has 1 aromatic rings. The van der Waals surface area contributed by atoms with Gasteiger partial charge in [0.2, 0.25) is 0 Å². The standard InChI is InChI=1S/C8H11N3O3/c12-4-6-1-5(6)3-11-8(14)10-7(13)2-9-11/h2,5-6,12H,1,3-4H2,(H,10,13,14). The van der Waals surface area contributed by atoms with Crippen LogP contribution in [-0.4, -0.2) is 26.5 Å². The molecule has 0 amide bonds. The van der Waals surface area contributed by atoms with Crippen LogP contribution < -0.4 is 11.2 Å². The molecule has 14 heavy (non-hydrogen) atoms. The second kappa shape index (κ2) is 3.38. The zero-order valence-corrected chi connectivity index (χ0v) is 7.51. The Balaban J connectivity index is 2.11. The maximum atomic E-state index is 11.2. The molecule has 2 rings (SSSR count). The lowest BCUT2D eigenvalue weighted by Gasteiger charge is -2.00. The van der Waals surface area contributed by atoms with Crippen LogP contribution in [0.1, 0.15) is 6.42 Å². The van der Waals surface area contributed by atoms with Crippen LogP contribution in [-0.2, 0) is 6.54 Å². The van der Waals surface area contributed by atoms with Crippen molar-refractivity contribution in [2.24, 2.45) is 11.8 Å². The molecule has 2 N–H and O–H groups in total. The van der Waals surface area contributed by atoms with Crippen molar-refractivity contribution in [3.63, 3.8) is 0 Å². The van der Waals surface area contributed by atoms with Crippen molar-refractivity contribution < 1.29 is 5.11 Å². The Morgan fingerprint density at radius 3 is 2.93 bits per heavy atom. The minimum Gasteiger partial charge on any atom is -0.396 e. The number of aliphatic hydroxyl groups is 1. The highest BCUT2D eigenvalue weighted by Gasteiger charge is 2.36. The summed E-state index contributed by atoms with van der Waals surface area (Å²) in [5, 5.41) is 12.5. The van der Waals surface area contributed by atoms with Gasteiger partial charge in [0.25, 0.3) is 5.56 Å². The molecule has 0 saturated heterocycles. The summed E-state index contributed by atoms with van der Waals surface area (Å²) >= 11 is 0. The van der Waals surface area contributed by atoms with E-state index in [1.54, 1.807) is 0 Å². The molecule has 6 nitrogen and oxygen atoms in total. The van der Waals surface area contributed by atoms with Gasteiger partial charge in [-0.3, -0.25) is 9.78 Å². The molecule has 0 radical (unpaired) electrons. The normalized spacial score (nSPS) is 24.9. The van der Waals surface area contributed by atoms with E-state index in [4.69, 9.17) is 5.11 Å². The predicted octanol–water partition coefficient (Wildman–Crippen LogP) is -1.44. The lowest BCUT2D eigenvalue weighted by atomic mass is 10.3. The second-order valence-electron chi connectivity index (χ2n) is 3.56. The van der Waals surface area contributed by atoms with Gasteiger partial charge in [-0.05, 0) is 18.3 Å². The third-order valence-electron chi connectivity index (χ3n) is 2.49. The Kier molecular flexibility index (Phi) is 2.20. The lowest BCUT2D eigenvalue weighted by Crippen LogP contribution is -2.32. The van der Waals surface area contributed by atoms with Crippen molar-refractivity contribution in [1.82, 2.24) is 14.8 Å². The SMILES string of the molecule is O=c1cnn(CC2CC2CO)c(=O)[nH]1. The Bertz CT molecular complexity index is 436. The van der Waals surface area contributed by atoms with Gasteiger partial charge in [0, 0.05) is 13.2 Å². The highest BCUT2D eigenvalue weighted by atomic mass is 16.3. The van der Waals surface area contributed by atoms with Gasteiger partial charge < -0.3 is 5.11 Å². The van der Waals surface area contributed by atoms with Gasteiger partial charge in [-0.1, -0.05) is 0 Å². The molecule has 2 unspecified atom stereocenters. The van der Waals surface area contributed by atoms with Gasteiger partial charge in [-0.2, -0.15) is 5.10 Å². The average Bonchev–Trinajstić information content (AvgIpc) is 2.89. The smallest absolute Gasteiger partial charge is 0.344 e. The predicted molar refractivity (Wildman–Crippen MR) is 47.8 cm³/mol. The summed E-state index contributed by atoms with van der Waals surface area (Å²) in [5.41, 5.74) is -0.971. The quantitative estimate of drug-likeness (QED) is 0.621. The first-order chi connectivity index (χ1) is 6.70. The number of nitrogens with one attached hydrogen (secondary N) is 1. The van der Waals surface area contributed by atoms with Crippen LogP contribution in [0.2, 0.25) is 0 Å². The maximum Gasteiger partial charge on any atom is 0.344 e. The van der Waals surface area contributed by atoms with Gasteiger partial charge in [-0.25, -0.2) is 9.48 Å². The Labute approximate surface area is 79.2 Å². The lowest BCUT2D eigenvalue weighted by molar-refractivity contribution is 0.264. The molecule has 0 bridgehead atoms. The first kappa shape index (κ1) is 9.14. The maximum absolute atomic E-state index is 11.2. The van der Waals surface area contributed by atoms with E-state index < -0.39 is 11.2 Å². The molecular weight excluding hydrogens is 186 g/mol. The van der Waals surface area contributed by atoms with E-state index in [0.717, 1.165) is 12.6 Å². The number of aromatic nitrogens is 3. The van der Waals surface area contributed by atoms with E-state index in [-0.39, 0.29) is 12.5 Å². The third kappa shape index (κ3) is 1.74. The third-order valence-corrected chi connectivity index (χ3v) is 2.49. The van der Waals surface area contributed by atoms with Crippen molar-refractivity contribution in [2.45, 2.75) is 13.0 Å². The monoisotopic (exact) mass is 197 g/mol. The number of hydrogen-bond donors (Lipinski definition) is 2. The average molecular weight is 197 g/mol. The minimum absolute atomic E-state index is 0.156. The van der Waals surface area contributed by atoms with E-state index >= 15 is 0 Å². The fraction of sp³-hybridized carbons (Fsp3) is 0.625. The topological polar surface area (TPSA) is 88.0 Å². The van der Waals surface area contributed by atoms with Crippen LogP contribution in [0.4, 0.5) is 0 Å². The Morgan fingerprint density at radius 2 is 2.36 bits per heavy atom. The zero-order valence-electron chi connectivity index (χ0n) is 7.51. The fourth-order valence-corrected chi connectivity index (χ4v) is 1.49. The highest BCUT2D eigenvalue weighted by Crippen LogP contribution is 2.38. The number of hydrogen-bond acceptors (Lipinski definition) is 4. The molecule has 2 atom stereocenters. The molecule has 0 spiro atoms.